The fraction of sp³-hybridized carbons (Fsp3) is 1.00. The molecule has 1 atom stereocenters. The number of halogens is 3. The summed E-state index contributed by atoms with van der Waals surface area (Å²) in [6.07, 6.45) is 1.73. The minimum Gasteiger partial charge on any atom is -0.314 e. The second kappa shape index (κ2) is 6.90. The molecule has 1 N–H and O–H groups in total. The Morgan fingerprint density at radius 3 is 2.58 bits per heavy atom. The van der Waals surface area contributed by atoms with Gasteiger partial charge in [0.05, 0.1) is 6.61 Å². The quantitative estimate of drug-likeness (QED) is 0.855. The molecule has 0 radical (unpaired) electrons. The van der Waals surface area contributed by atoms with Crippen molar-refractivity contribution in [2.75, 3.05) is 32.8 Å². The first-order valence-corrected chi connectivity index (χ1v) is 7.22. The third kappa shape index (κ3) is 4.93. The number of rotatable bonds is 4. The number of ether oxygens (including phenoxy) is 1. The molecule has 2 fully saturated rings. The summed E-state index contributed by atoms with van der Waals surface area (Å²) in [6, 6.07) is 0.380. The topological polar surface area (TPSA) is 24.5 Å². The van der Waals surface area contributed by atoms with Crippen molar-refractivity contribution in [2.45, 2.75) is 44.5 Å². The van der Waals surface area contributed by atoms with Gasteiger partial charge < -0.3 is 5.32 Å². The van der Waals surface area contributed by atoms with Crippen LogP contribution in [0.1, 0.15) is 32.1 Å². The van der Waals surface area contributed by atoms with E-state index < -0.39 is 6.36 Å². The molecule has 2 rings (SSSR count). The zero-order valence-corrected chi connectivity index (χ0v) is 11.2. The standard InChI is InChI=1S/C13H23F3N2O/c14-13(15,16)19-9-8-18-7-6-17-10-12(18)11-4-2-1-3-5-11/h11-12,17H,1-10H2. The van der Waals surface area contributed by atoms with Gasteiger partial charge in [-0.1, -0.05) is 19.3 Å². The smallest absolute Gasteiger partial charge is 0.314 e. The summed E-state index contributed by atoms with van der Waals surface area (Å²) in [5.74, 6) is 0.632. The first kappa shape index (κ1) is 15.1. The molecule has 19 heavy (non-hydrogen) atoms. The van der Waals surface area contributed by atoms with E-state index >= 15 is 0 Å². The average molecular weight is 280 g/mol. The highest BCUT2D eigenvalue weighted by atomic mass is 19.4. The van der Waals surface area contributed by atoms with Gasteiger partial charge in [-0.05, 0) is 18.8 Å². The molecular weight excluding hydrogens is 257 g/mol. The van der Waals surface area contributed by atoms with Crippen LogP contribution in [0.25, 0.3) is 0 Å². The van der Waals surface area contributed by atoms with Gasteiger partial charge >= 0.3 is 6.36 Å². The SMILES string of the molecule is FC(F)(F)OCCN1CCNCC1C1CCCCC1. The summed E-state index contributed by atoms with van der Waals surface area (Å²) in [4.78, 5) is 2.18. The molecule has 1 aliphatic carbocycles. The van der Waals surface area contributed by atoms with Gasteiger partial charge in [-0.2, -0.15) is 0 Å². The van der Waals surface area contributed by atoms with E-state index in [-0.39, 0.29) is 6.61 Å². The molecule has 1 saturated heterocycles. The Hall–Kier alpha value is -0.330. The summed E-state index contributed by atoms with van der Waals surface area (Å²) >= 11 is 0. The summed E-state index contributed by atoms with van der Waals surface area (Å²) in [5, 5.41) is 3.36. The molecule has 1 aliphatic heterocycles. The molecule has 2 aliphatic rings. The Balaban J connectivity index is 1.81. The molecule has 0 aromatic rings. The second-order valence-electron chi connectivity index (χ2n) is 5.50. The van der Waals surface area contributed by atoms with Gasteiger partial charge in [0.25, 0.3) is 0 Å². The Kier molecular flexibility index (Phi) is 5.47. The maximum atomic E-state index is 12.0. The Morgan fingerprint density at radius 1 is 1.16 bits per heavy atom. The van der Waals surface area contributed by atoms with Crippen molar-refractivity contribution in [2.24, 2.45) is 5.92 Å². The zero-order valence-electron chi connectivity index (χ0n) is 11.2. The van der Waals surface area contributed by atoms with Gasteiger partial charge in [-0.25, -0.2) is 0 Å². The van der Waals surface area contributed by atoms with Crippen LogP contribution in [0, 0.1) is 5.92 Å². The lowest BCUT2D eigenvalue weighted by atomic mass is 9.82. The molecule has 0 spiro atoms. The molecular formula is C13H23F3N2O. The van der Waals surface area contributed by atoms with E-state index in [0.29, 0.717) is 18.5 Å². The van der Waals surface area contributed by atoms with E-state index in [1.807, 2.05) is 0 Å². The lowest BCUT2D eigenvalue weighted by Gasteiger charge is -2.42. The average Bonchev–Trinajstić information content (AvgIpc) is 2.39. The summed E-state index contributed by atoms with van der Waals surface area (Å²) in [5.41, 5.74) is 0. The van der Waals surface area contributed by atoms with Crippen LogP contribution in [0.5, 0.6) is 0 Å². The van der Waals surface area contributed by atoms with Crippen LogP contribution in [0.2, 0.25) is 0 Å². The third-order valence-electron chi connectivity index (χ3n) is 4.24. The molecule has 3 nitrogen and oxygen atoms in total. The van der Waals surface area contributed by atoms with E-state index in [4.69, 9.17) is 0 Å². The van der Waals surface area contributed by atoms with E-state index in [0.717, 1.165) is 19.6 Å². The third-order valence-corrected chi connectivity index (χ3v) is 4.24. The Morgan fingerprint density at radius 2 is 1.89 bits per heavy atom. The van der Waals surface area contributed by atoms with Crippen LogP contribution >= 0.6 is 0 Å². The molecule has 1 unspecified atom stereocenters. The predicted octanol–water partition coefficient (Wildman–Crippen LogP) is 2.38. The molecule has 0 aromatic heterocycles. The minimum absolute atomic E-state index is 0.257. The maximum absolute atomic E-state index is 12.0. The highest BCUT2D eigenvalue weighted by molar-refractivity contribution is 4.86. The van der Waals surface area contributed by atoms with E-state index in [2.05, 4.69) is 15.0 Å². The molecule has 6 heteroatoms. The Bertz CT molecular complexity index is 267. The van der Waals surface area contributed by atoms with Crippen molar-refractivity contribution in [1.82, 2.24) is 10.2 Å². The predicted molar refractivity (Wildman–Crippen MR) is 66.8 cm³/mol. The van der Waals surface area contributed by atoms with Gasteiger partial charge in [0.2, 0.25) is 0 Å². The maximum Gasteiger partial charge on any atom is 0.522 e. The van der Waals surface area contributed by atoms with E-state index in [1.54, 1.807) is 0 Å². The van der Waals surface area contributed by atoms with E-state index in [9.17, 15) is 13.2 Å². The van der Waals surface area contributed by atoms with Crippen LogP contribution in [-0.2, 0) is 4.74 Å². The monoisotopic (exact) mass is 280 g/mol. The van der Waals surface area contributed by atoms with Gasteiger partial charge in [0.15, 0.2) is 0 Å². The van der Waals surface area contributed by atoms with Crippen molar-refractivity contribution in [3.05, 3.63) is 0 Å². The number of hydrogen-bond donors (Lipinski definition) is 1. The minimum atomic E-state index is -4.51. The van der Waals surface area contributed by atoms with Crippen molar-refractivity contribution in [3.63, 3.8) is 0 Å². The molecule has 0 bridgehead atoms. The normalized spacial score (nSPS) is 27.6. The molecule has 112 valence electrons. The Labute approximate surface area is 112 Å². The summed E-state index contributed by atoms with van der Waals surface area (Å²) < 4.78 is 39.9. The van der Waals surface area contributed by atoms with Crippen molar-refractivity contribution in [3.8, 4) is 0 Å². The van der Waals surface area contributed by atoms with Gasteiger partial charge in [-0.15, -0.1) is 13.2 Å². The first-order chi connectivity index (χ1) is 9.06. The molecule has 1 heterocycles. The number of alkyl halides is 3. The number of nitrogens with one attached hydrogen (secondary N) is 1. The molecule has 0 aromatic carbocycles. The fourth-order valence-corrected chi connectivity index (χ4v) is 3.31. The highest BCUT2D eigenvalue weighted by Crippen LogP contribution is 2.29. The lowest BCUT2D eigenvalue weighted by molar-refractivity contribution is -0.325. The fourth-order valence-electron chi connectivity index (χ4n) is 3.31. The summed E-state index contributed by atoms with van der Waals surface area (Å²) in [7, 11) is 0. The van der Waals surface area contributed by atoms with Crippen LogP contribution < -0.4 is 5.32 Å². The largest absolute Gasteiger partial charge is 0.522 e. The van der Waals surface area contributed by atoms with Crippen molar-refractivity contribution < 1.29 is 17.9 Å². The van der Waals surface area contributed by atoms with Crippen LogP contribution in [0.4, 0.5) is 13.2 Å². The molecule has 0 amide bonds. The number of nitrogens with zero attached hydrogens (tertiary/aromatic N) is 1. The van der Waals surface area contributed by atoms with Crippen molar-refractivity contribution >= 4 is 0 Å². The first-order valence-electron chi connectivity index (χ1n) is 7.22. The van der Waals surface area contributed by atoms with Crippen molar-refractivity contribution in [1.29, 1.82) is 0 Å². The van der Waals surface area contributed by atoms with Crippen LogP contribution in [0.15, 0.2) is 0 Å². The number of hydrogen-bond acceptors (Lipinski definition) is 3. The highest BCUT2D eigenvalue weighted by Gasteiger charge is 2.32. The second-order valence-corrected chi connectivity index (χ2v) is 5.50. The van der Waals surface area contributed by atoms with Crippen LogP contribution in [0.3, 0.4) is 0 Å². The van der Waals surface area contributed by atoms with Crippen LogP contribution in [-0.4, -0.2) is 50.1 Å². The van der Waals surface area contributed by atoms with E-state index in [1.165, 1.54) is 32.1 Å². The lowest BCUT2D eigenvalue weighted by Crippen LogP contribution is -2.55. The van der Waals surface area contributed by atoms with Gasteiger partial charge in [0.1, 0.15) is 0 Å². The zero-order chi connectivity index (χ0) is 13.7. The summed E-state index contributed by atoms with van der Waals surface area (Å²) in [6.45, 7) is 2.70. The molecule has 1 saturated carbocycles. The number of piperazine rings is 1. The van der Waals surface area contributed by atoms with Gasteiger partial charge in [0, 0.05) is 32.2 Å². The van der Waals surface area contributed by atoms with Gasteiger partial charge in [-0.3, -0.25) is 9.64 Å².